The van der Waals surface area contributed by atoms with Crippen molar-refractivity contribution in [3.05, 3.63) is 35.4 Å². The minimum absolute atomic E-state index is 0.0519. The van der Waals surface area contributed by atoms with E-state index in [1.165, 1.54) is 11.1 Å². The molecule has 1 N–H and O–H groups in total. The summed E-state index contributed by atoms with van der Waals surface area (Å²) in [5.41, 5.74) is 2.54. The fourth-order valence-corrected chi connectivity index (χ4v) is 6.95. The molecule has 1 amide bonds. The highest BCUT2D eigenvalue weighted by atomic mass is 32.2. The second-order valence-corrected chi connectivity index (χ2v) is 12.5. The third-order valence-electron chi connectivity index (χ3n) is 6.73. The van der Waals surface area contributed by atoms with Crippen molar-refractivity contribution >= 4 is 15.7 Å². The van der Waals surface area contributed by atoms with Gasteiger partial charge in [-0.1, -0.05) is 64.8 Å². The van der Waals surface area contributed by atoms with Crippen molar-refractivity contribution in [1.29, 1.82) is 0 Å². The first kappa shape index (κ1) is 24.2. The highest BCUT2D eigenvalue weighted by Crippen LogP contribution is 2.29. The molecule has 174 valence electrons. The first-order chi connectivity index (χ1) is 14.7. The van der Waals surface area contributed by atoms with Crippen LogP contribution in [0.3, 0.4) is 0 Å². The average molecular weight is 449 g/mol. The lowest BCUT2D eigenvalue weighted by Gasteiger charge is -2.35. The zero-order chi connectivity index (χ0) is 22.6. The van der Waals surface area contributed by atoms with E-state index >= 15 is 0 Å². The van der Waals surface area contributed by atoms with E-state index in [1.807, 2.05) is 4.90 Å². The van der Waals surface area contributed by atoms with Crippen molar-refractivity contribution < 1.29 is 13.2 Å². The number of carbonyl (C=O) groups excluding carboxylic acids is 1. The maximum atomic E-state index is 13.3. The van der Waals surface area contributed by atoms with E-state index in [9.17, 15) is 13.2 Å². The molecule has 0 bridgehead atoms. The van der Waals surface area contributed by atoms with E-state index in [-0.39, 0.29) is 42.1 Å². The Bertz CT molecular complexity index is 827. The smallest absolute Gasteiger partial charge is 0.237 e. The molecule has 0 spiro atoms. The van der Waals surface area contributed by atoms with Crippen molar-refractivity contribution in [2.24, 2.45) is 11.8 Å². The quantitative estimate of drug-likeness (QED) is 0.617. The molecule has 6 heteroatoms. The molecule has 2 fully saturated rings. The maximum absolute atomic E-state index is 13.3. The van der Waals surface area contributed by atoms with E-state index in [4.69, 9.17) is 0 Å². The van der Waals surface area contributed by atoms with E-state index in [0.717, 1.165) is 32.1 Å². The number of hydrogen-bond acceptors (Lipinski definition) is 4. The van der Waals surface area contributed by atoms with Gasteiger partial charge in [-0.3, -0.25) is 4.79 Å². The van der Waals surface area contributed by atoms with Crippen LogP contribution in [0.1, 0.15) is 77.0 Å². The van der Waals surface area contributed by atoms with Gasteiger partial charge in [0.25, 0.3) is 0 Å². The molecule has 3 rings (SSSR count). The van der Waals surface area contributed by atoms with Crippen molar-refractivity contribution in [2.75, 3.05) is 18.1 Å². The van der Waals surface area contributed by atoms with Crippen LogP contribution in [0.15, 0.2) is 24.3 Å². The van der Waals surface area contributed by atoms with Gasteiger partial charge in [0.2, 0.25) is 5.91 Å². The van der Waals surface area contributed by atoms with Gasteiger partial charge in [0.1, 0.15) is 0 Å². The molecule has 1 aromatic carbocycles. The number of rotatable bonds is 9. The average Bonchev–Trinajstić information content (AvgIpc) is 3.33. The van der Waals surface area contributed by atoms with Gasteiger partial charge in [-0.2, -0.15) is 0 Å². The molecule has 0 aromatic heterocycles. The van der Waals surface area contributed by atoms with Crippen LogP contribution in [-0.2, 0) is 21.1 Å². The SMILES string of the molecule is CC(C)Cc1ccc(C(NCC(=O)N(C2CCCC2)C2CCS(=O)(=O)C2)C(C)C)cc1. The van der Waals surface area contributed by atoms with Crippen LogP contribution in [0, 0.1) is 11.8 Å². The number of sulfone groups is 1. The molecule has 1 aliphatic carbocycles. The fourth-order valence-electron chi connectivity index (χ4n) is 5.24. The van der Waals surface area contributed by atoms with Crippen LogP contribution < -0.4 is 5.32 Å². The molecule has 5 nitrogen and oxygen atoms in total. The van der Waals surface area contributed by atoms with Gasteiger partial charge in [0.05, 0.1) is 18.1 Å². The second kappa shape index (κ2) is 10.5. The molecular formula is C25H40N2O3S. The molecular weight excluding hydrogens is 408 g/mol. The Morgan fingerprint density at radius 3 is 2.19 bits per heavy atom. The number of amides is 1. The van der Waals surface area contributed by atoms with Gasteiger partial charge in [-0.25, -0.2) is 8.42 Å². The molecule has 1 aliphatic heterocycles. The monoisotopic (exact) mass is 448 g/mol. The topological polar surface area (TPSA) is 66.5 Å². The number of carbonyl (C=O) groups is 1. The van der Waals surface area contributed by atoms with Crippen LogP contribution in [0.25, 0.3) is 0 Å². The van der Waals surface area contributed by atoms with Crippen LogP contribution in [0.5, 0.6) is 0 Å². The lowest BCUT2D eigenvalue weighted by Crippen LogP contribution is -2.50. The normalized spacial score (nSPS) is 22.3. The van der Waals surface area contributed by atoms with E-state index in [1.54, 1.807) is 0 Å². The molecule has 31 heavy (non-hydrogen) atoms. The van der Waals surface area contributed by atoms with Crippen LogP contribution in [0.4, 0.5) is 0 Å². The Kier molecular flexibility index (Phi) is 8.19. The Balaban J connectivity index is 1.68. The molecule has 1 heterocycles. The Morgan fingerprint density at radius 2 is 1.68 bits per heavy atom. The highest BCUT2D eigenvalue weighted by Gasteiger charge is 2.39. The highest BCUT2D eigenvalue weighted by molar-refractivity contribution is 7.91. The minimum atomic E-state index is -3.02. The van der Waals surface area contributed by atoms with Gasteiger partial charge in [-0.15, -0.1) is 0 Å². The number of benzene rings is 1. The fraction of sp³-hybridized carbons (Fsp3) is 0.720. The molecule has 2 aliphatic rings. The maximum Gasteiger partial charge on any atom is 0.237 e. The predicted octanol–water partition coefficient (Wildman–Crippen LogP) is 4.13. The molecule has 2 atom stereocenters. The molecule has 1 saturated carbocycles. The summed E-state index contributed by atoms with van der Waals surface area (Å²) < 4.78 is 24.1. The first-order valence-corrected chi connectivity index (χ1v) is 13.8. The van der Waals surface area contributed by atoms with Crippen molar-refractivity contribution in [2.45, 2.75) is 84.3 Å². The van der Waals surface area contributed by atoms with Crippen molar-refractivity contribution in [3.63, 3.8) is 0 Å². The van der Waals surface area contributed by atoms with Gasteiger partial charge >= 0.3 is 0 Å². The zero-order valence-corrected chi connectivity index (χ0v) is 20.5. The van der Waals surface area contributed by atoms with Gasteiger partial charge in [0, 0.05) is 18.1 Å². The van der Waals surface area contributed by atoms with Crippen LogP contribution >= 0.6 is 0 Å². The Morgan fingerprint density at radius 1 is 1.03 bits per heavy atom. The number of nitrogens with one attached hydrogen (secondary N) is 1. The predicted molar refractivity (Wildman–Crippen MR) is 127 cm³/mol. The van der Waals surface area contributed by atoms with E-state index in [2.05, 4.69) is 57.3 Å². The lowest BCUT2D eigenvalue weighted by atomic mass is 9.93. The van der Waals surface area contributed by atoms with E-state index in [0.29, 0.717) is 18.3 Å². The molecule has 0 radical (unpaired) electrons. The van der Waals surface area contributed by atoms with Crippen LogP contribution in [0.2, 0.25) is 0 Å². The molecule has 1 aromatic rings. The van der Waals surface area contributed by atoms with Gasteiger partial charge in [-0.05, 0) is 48.6 Å². The van der Waals surface area contributed by atoms with Crippen molar-refractivity contribution in [3.8, 4) is 0 Å². The number of nitrogens with zero attached hydrogens (tertiary/aromatic N) is 1. The van der Waals surface area contributed by atoms with Gasteiger partial charge < -0.3 is 10.2 Å². The van der Waals surface area contributed by atoms with Gasteiger partial charge in [0.15, 0.2) is 9.84 Å². The van der Waals surface area contributed by atoms with Crippen LogP contribution in [-0.4, -0.2) is 49.4 Å². The lowest BCUT2D eigenvalue weighted by molar-refractivity contribution is -0.134. The Labute approximate surface area is 188 Å². The third-order valence-corrected chi connectivity index (χ3v) is 8.48. The van der Waals surface area contributed by atoms with Crippen molar-refractivity contribution in [1.82, 2.24) is 10.2 Å². The molecule has 1 saturated heterocycles. The van der Waals surface area contributed by atoms with E-state index < -0.39 is 9.84 Å². The first-order valence-electron chi connectivity index (χ1n) is 12.0. The molecule has 2 unspecified atom stereocenters. The summed E-state index contributed by atoms with van der Waals surface area (Å²) >= 11 is 0. The largest absolute Gasteiger partial charge is 0.335 e. The summed E-state index contributed by atoms with van der Waals surface area (Å²) in [5.74, 6) is 1.36. The standard InChI is InChI=1S/C25H40N2O3S/c1-18(2)15-20-9-11-21(12-10-20)25(19(3)4)26-16-24(28)27(22-7-5-6-8-22)23-13-14-31(29,30)17-23/h9-12,18-19,22-23,25-26H,5-8,13-17H2,1-4H3. The summed E-state index contributed by atoms with van der Waals surface area (Å²) in [6.45, 7) is 9.04. The summed E-state index contributed by atoms with van der Waals surface area (Å²) in [4.78, 5) is 15.3. The minimum Gasteiger partial charge on any atom is -0.335 e. The number of hydrogen-bond donors (Lipinski definition) is 1. The Hall–Kier alpha value is -1.40. The second-order valence-electron chi connectivity index (χ2n) is 10.2. The zero-order valence-electron chi connectivity index (χ0n) is 19.6. The summed E-state index contributed by atoms with van der Waals surface area (Å²) in [6.07, 6.45) is 5.88. The summed E-state index contributed by atoms with van der Waals surface area (Å²) in [7, 11) is -3.02. The third kappa shape index (κ3) is 6.55. The summed E-state index contributed by atoms with van der Waals surface area (Å²) in [6, 6.07) is 8.88. The summed E-state index contributed by atoms with van der Waals surface area (Å²) in [5, 5.41) is 3.50.